The van der Waals surface area contributed by atoms with Crippen LogP contribution < -0.4 is 0 Å². The molecule has 0 aromatic heterocycles. The lowest BCUT2D eigenvalue weighted by Gasteiger charge is -2.57. The minimum atomic E-state index is -0.547. The van der Waals surface area contributed by atoms with Crippen molar-refractivity contribution in [3.63, 3.8) is 0 Å². The fraction of sp³-hybridized carbons (Fsp3) is 0.600. The molecule has 0 aliphatic heterocycles. The van der Waals surface area contributed by atoms with Gasteiger partial charge in [0, 0.05) is 5.41 Å². The Hall–Kier alpha value is -1.35. The number of aliphatic hydroxyl groups is 1. The molecule has 2 saturated carbocycles. The molecule has 23 heavy (non-hydrogen) atoms. The van der Waals surface area contributed by atoms with E-state index in [0.717, 1.165) is 44.1 Å². The molecule has 1 aromatic rings. The van der Waals surface area contributed by atoms with Gasteiger partial charge in [0.25, 0.3) is 0 Å². The van der Waals surface area contributed by atoms with Crippen LogP contribution in [0.4, 0.5) is 4.39 Å². The van der Waals surface area contributed by atoms with Crippen molar-refractivity contribution in [1.82, 2.24) is 0 Å². The van der Waals surface area contributed by atoms with Gasteiger partial charge in [0.2, 0.25) is 0 Å². The molecule has 3 aliphatic carbocycles. The Balaban J connectivity index is 1.86. The second-order valence-electron chi connectivity index (χ2n) is 8.07. The number of phenolic OH excluding ortho intramolecular Hbond substituents is 1. The molecule has 2 nitrogen and oxygen atoms in total. The van der Waals surface area contributed by atoms with Gasteiger partial charge in [-0.25, -0.2) is 4.39 Å². The van der Waals surface area contributed by atoms with E-state index in [1.807, 2.05) is 12.1 Å². The average Bonchev–Trinajstić information content (AvgIpc) is 2.82. The molecule has 2 fully saturated rings. The smallest absolute Gasteiger partial charge is 0.115 e. The van der Waals surface area contributed by atoms with Crippen molar-refractivity contribution in [2.24, 2.45) is 16.7 Å². The number of hydrogen-bond donors (Lipinski definition) is 2. The number of rotatable bonds is 1. The highest BCUT2D eigenvalue weighted by atomic mass is 19.1. The van der Waals surface area contributed by atoms with E-state index in [0.29, 0.717) is 0 Å². The number of allylic oxidation sites excluding steroid dienone is 1. The van der Waals surface area contributed by atoms with E-state index in [2.05, 4.69) is 13.5 Å². The van der Waals surface area contributed by atoms with Gasteiger partial charge in [-0.15, -0.1) is 0 Å². The summed E-state index contributed by atoms with van der Waals surface area (Å²) >= 11 is 0. The third kappa shape index (κ3) is 1.83. The predicted octanol–water partition coefficient (Wildman–Crippen LogP) is 4.46. The first-order valence-electron chi connectivity index (χ1n) is 8.74. The molecule has 2 N–H and O–H groups in total. The summed E-state index contributed by atoms with van der Waals surface area (Å²) in [5.74, 6) is 0.356. The fourth-order valence-electron chi connectivity index (χ4n) is 6.14. The molecule has 124 valence electrons. The number of phenols is 1. The Morgan fingerprint density at radius 2 is 2.04 bits per heavy atom. The molecule has 0 saturated heterocycles. The van der Waals surface area contributed by atoms with Gasteiger partial charge in [-0.1, -0.05) is 19.6 Å². The summed E-state index contributed by atoms with van der Waals surface area (Å²) in [4.78, 5) is 0. The summed E-state index contributed by atoms with van der Waals surface area (Å²) < 4.78 is 14.9. The summed E-state index contributed by atoms with van der Waals surface area (Å²) in [7, 11) is 0. The van der Waals surface area contributed by atoms with E-state index >= 15 is 0 Å². The van der Waals surface area contributed by atoms with E-state index in [4.69, 9.17) is 0 Å². The summed E-state index contributed by atoms with van der Waals surface area (Å²) in [6.45, 7) is 5.90. The number of hydrogen-bond acceptors (Lipinski definition) is 2. The van der Waals surface area contributed by atoms with E-state index in [1.54, 1.807) is 6.07 Å². The molecule has 0 radical (unpaired) electrons. The SMILES string of the molecule is C=C(F)[C@@]12CCc3cc(O)ccc3[C@H]1CC[C@]1(C)[C@H](O)CC[C@H]12. The van der Waals surface area contributed by atoms with Crippen LogP contribution in [0.25, 0.3) is 0 Å². The molecule has 0 unspecified atom stereocenters. The van der Waals surface area contributed by atoms with Crippen LogP contribution in [0.3, 0.4) is 0 Å². The fourth-order valence-corrected chi connectivity index (χ4v) is 6.14. The van der Waals surface area contributed by atoms with Gasteiger partial charge in [-0.3, -0.25) is 0 Å². The molecule has 0 bridgehead atoms. The van der Waals surface area contributed by atoms with Gasteiger partial charge in [-0.2, -0.15) is 0 Å². The number of benzene rings is 1. The molecule has 1 aromatic carbocycles. The van der Waals surface area contributed by atoms with Crippen molar-refractivity contribution in [2.45, 2.75) is 57.5 Å². The van der Waals surface area contributed by atoms with E-state index in [1.165, 1.54) is 5.56 Å². The Bertz CT molecular complexity index is 670. The highest BCUT2D eigenvalue weighted by Gasteiger charge is 2.63. The van der Waals surface area contributed by atoms with Gasteiger partial charge in [-0.05, 0) is 79.0 Å². The van der Waals surface area contributed by atoms with Gasteiger partial charge in [0.15, 0.2) is 0 Å². The lowest BCUT2D eigenvalue weighted by molar-refractivity contribution is -0.0662. The molecule has 4 rings (SSSR count). The van der Waals surface area contributed by atoms with Crippen LogP contribution in [0, 0.1) is 16.7 Å². The molecule has 0 spiro atoms. The maximum absolute atomic E-state index is 14.9. The lowest BCUT2D eigenvalue weighted by atomic mass is 9.47. The topological polar surface area (TPSA) is 40.5 Å². The molecular weight excluding hydrogens is 291 g/mol. The van der Waals surface area contributed by atoms with Crippen LogP contribution in [0.1, 0.15) is 56.1 Å². The van der Waals surface area contributed by atoms with Gasteiger partial charge in [0.05, 0.1) is 11.9 Å². The third-order valence-electron chi connectivity index (χ3n) is 7.32. The first-order valence-corrected chi connectivity index (χ1v) is 8.74. The normalized spacial score (nSPS) is 41.8. The maximum Gasteiger partial charge on any atom is 0.115 e. The average molecular weight is 316 g/mol. The van der Waals surface area contributed by atoms with Crippen molar-refractivity contribution < 1.29 is 14.6 Å². The quantitative estimate of drug-likeness (QED) is 0.803. The molecule has 5 atom stereocenters. The van der Waals surface area contributed by atoms with Crippen molar-refractivity contribution in [3.8, 4) is 5.75 Å². The Labute approximate surface area is 137 Å². The number of fused-ring (bicyclic) bond motifs is 5. The Kier molecular flexibility index (Phi) is 3.19. The zero-order valence-electron chi connectivity index (χ0n) is 13.7. The summed E-state index contributed by atoms with van der Waals surface area (Å²) in [5.41, 5.74) is 1.58. The van der Waals surface area contributed by atoms with Gasteiger partial charge < -0.3 is 10.2 Å². The Morgan fingerprint density at radius 3 is 2.78 bits per heavy atom. The van der Waals surface area contributed by atoms with Crippen molar-refractivity contribution >= 4 is 0 Å². The van der Waals surface area contributed by atoms with Crippen LogP contribution in [-0.2, 0) is 6.42 Å². The van der Waals surface area contributed by atoms with Crippen LogP contribution in [0.5, 0.6) is 5.75 Å². The molecule has 3 aliphatic rings. The minimum Gasteiger partial charge on any atom is -0.508 e. The second kappa shape index (κ2) is 4.83. The maximum atomic E-state index is 14.9. The monoisotopic (exact) mass is 316 g/mol. The summed E-state index contributed by atoms with van der Waals surface area (Å²) in [5, 5.41) is 20.3. The third-order valence-corrected chi connectivity index (χ3v) is 7.32. The number of aromatic hydroxyl groups is 1. The molecule has 3 heteroatoms. The Morgan fingerprint density at radius 1 is 1.26 bits per heavy atom. The second-order valence-corrected chi connectivity index (χ2v) is 8.07. The highest BCUT2D eigenvalue weighted by molar-refractivity contribution is 5.43. The number of halogens is 1. The van der Waals surface area contributed by atoms with Crippen molar-refractivity contribution in [3.05, 3.63) is 41.7 Å². The highest BCUT2D eigenvalue weighted by Crippen LogP contribution is 2.69. The number of aliphatic hydroxyl groups excluding tert-OH is 1. The zero-order valence-corrected chi connectivity index (χ0v) is 13.7. The predicted molar refractivity (Wildman–Crippen MR) is 87.9 cm³/mol. The summed E-state index contributed by atoms with van der Waals surface area (Å²) in [6.07, 6.45) is 4.63. The van der Waals surface area contributed by atoms with E-state index in [-0.39, 0.29) is 34.9 Å². The van der Waals surface area contributed by atoms with E-state index < -0.39 is 5.41 Å². The summed E-state index contributed by atoms with van der Waals surface area (Å²) in [6, 6.07) is 5.52. The van der Waals surface area contributed by atoms with Gasteiger partial charge in [0.1, 0.15) is 5.75 Å². The zero-order chi connectivity index (χ0) is 16.4. The van der Waals surface area contributed by atoms with Crippen LogP contribution in [-0.4, -0.2) is 16.3 Å². The minimum absolute atomic E-state index is 0.118. The molecule has 0 heterocycles. The van der Waals surface area contributed by atoms with Crippen LogP contribution >= 0.6 is 0 Å². The first kappa shape index (κ1) is 15.2. The standard InChI is InChI=1S/C20H25FO2/c1-12(21)20-10-7-13-11-14(22)3-4-15(13)16(20)8-9-19(2)17(20)5-6-18(19)23/h3-4,11,16-18,22-23H,1,5-10H2,2H3/t16-,17-,18-,19+,20+/m1/s1. The van der Waals surface area contributed by atoms with Crippen molar-refractivity contribution in [2.75, 3.05) is 0 Å². The first-order chi connectivity index (χ1) is 10.9. The molecular formula is C20H25FO2. The van der Waals surface area contributed by atoms with Crippen molar-refractivity contribution in [1.29, 1.82) is 0 Å². The van der Waals surface area contributed by atoms with Crippen LogP contribution in [0.15, 0.2) is 30.6 Å². The van der Waals surface area contributed by atoms with E-state index in [9.17, 15) is 14.6 Å². The number of aryl methyl sites for hydroxylation is 1. The largest absolute Gasteiger partial charge is 0.508 e. The molecule has 0 amide bonds. The van der Waals surface area contributed by atoms with Gasteiger partial charge >= 0.3 is 0 Å². The lowest BCUT2D eigenvalue weighted by Crippen LogP contribution is -2.51. The van der Waals surface area contributed by atoms with Crippen LogP contribution in [0.2, 0.25) is 0 Å².